The summed E-state index contributed by atoms with van der Waals surface area (Å²) < 4.78 is 40.2. The fourth-order valence-corrected chi connectivity index (χ4v) is 5.65. The van der Waals surface area contributed by atoms with Gasteiger partial charge in [-0.05, 0) is 48.9 Å². The quantitative estimate of drug-likeness (QED) is 0.0662. The Labute approximate surface area is 299 Å². The van der Waals surface area contributed by atoms with Gasteiger partial charge in [0.25, 0.3) is 0 Å². The largest absolute Gasteiger partial charge is 0.491 e. The maximum atomic E-state index is 6.00. The van der Waals surface area contributed by atoms with Crippen LogP contribution in [-0.2, 0) is 36.5 Å². The molecule has 7 nitrogen and oxygen atoms in total. The molecule has 0 aliphatic rings. The molecule has 2 aromatic carbocycles. The van der Waals surface area contributed by atoms with Crippen molar-refractivity contribution in [2.45, 2.75) is 117 Å². The van der Waals surface area contributed by atoms with Crippen molar-refractivity contribution in [2.24, 2.45) is 0 Å². The van der Waals surface area contributed by atoms with E-state index in [1.165, 1.54) is 101 Å². The van der Waals surface area contributed by atoms with E-state index >= 15 is 0 Å². The van der Waals surface area contributed by atoms with Crippen molar-refractivity contribution in [2.75, 3.05) is 79.3 Å². The SMILES string of the molecule is CCCCCCCCCc1ccccc1OCCOCCOCCOCCOCCOCCOc1ccccc1CCCCCCCCC. The number of ether oxygens (including phenoxy) is 7. The van der Waals surface area contributed by atoms with Gasteiger partial charge in [-0.2, -0.15) is 0 Å². The van der Waals surface area contributed by atoms with Crippen molar-refractivity contribution in [3.63, 3.8) is 0 Å². The average Bonchev–Trinajstić information content (AvgIpc) is 3.12. The number of para-hydroxylation sites is 2. The monoisotopic (exact) mass is 687 g/mol. The first-order chi connectivity index (χ1) is 24.3. The summed E-state index contributed by atoms with van der Waals surface area (Å²) in [6, 6.07) is 16.8. The molecule has 2 aromatic rings. The number of aryl methyl sites for hydroxylation is 2. The summed E-state index contributed by atoms with van der Waals surface area (Å²) in [6.45, 7) is 11.0. The van der Waals surface area contributed by atoms with Gasteiger partial charge in [0.15, 0.2) is 0 Å². The van der Waals surface area contributed by atoms with E-state index in [2.05, 4.69) is 50.2 Å². The van der Waals surface area contributed by atoms with Gasteiger partial charge in [0.05, 0.1) is 66.1 Å². The number of benzene rings is 2. The fraction of sp³-hybridized carbons (Fsp3) is 0.714. The van der Waals surface area contributed by atoms with Crippen LogP contribution in [0.5, 0.6) is 11.5 Å². The summed E-state index contributed by atoms with van der Waals surface area (Å²) in [5, 5.41) is 0. The molecule has 49 heavy (non-hydrogen) atoms. The van der Waals surface area contributed by atoms with Crippen molar-refractivity contribution in [3.05, 3.63) is 59.7 Å². The Morgan fingerprint density at radius 3 is 0.959 bits per heavy atom. The van der Waals surface area contributed by atoms with Crippen molar-refractivity contribution in [1.82, 2.24) is 0 Å². The second-order valence-corrected chi connectivity index (χ2v) is 12.7. The normalized spacial score (nSPS) is 11.3. The summed E-state index contributed by atoms with van der Waals surface area (Å²) in [5.74, 6) is 1.97. The molecule has 0 fully saturated rings. The molecule has 0 spiro atoms. The Kier molecular flexibility index (Phi) is 29.0. The number of hydrogen-bond donors (Lipinski definition) is 0. The zero-order valence-electron chi connectivity index (χ0n) is 31.3. The highest BCUT2D eigenvalue weighted by Gasteiger charge is 2.05. The molecular formula is C42H70O7. The number of hydrogen-bond acceptors (Lipinski definition) is 7. The van der Waals surface area contributed by atoms with Gasteiger partial charge in [-0.1, -0.05) is 127 Å². The highest BCUT2D eigenvalue weighted by atomic mass is 16.6. The van der Waals surface area contributed by atoms with Crippen LogP contribution in [0.25, 0.3) is 0 Å². The predicted octanol–water partition coefficient (Wildman–Crippen LogP) is 9.81. The summed E-state index contributed by atoms with van der Waals surface area (Å²) in [5.41, 5.74) is 2.59. The second kappa shape index (κ2) is 33.0. The zero-order chi connectivity index (χ0) is 34.7. The smallest absolute Gasteiger partial charge is 0.122 e. The molecule has 0 heterocycles. The lowest BCUT2D eigenvalue weighted by atomic mass is 10.0. The maximum Gasteiger partial charge on any atom is 0.122 e. The Bertz CT molecular complexity index is 908. The van der Waals surface area contributed by atoms with E-state index in [-0.39, 0.29) is 0 Å². The van der Waals surface area contributed by atoms with E-state index in [1.807, 2.05) is 12.1 Å². The maximum absolute atomic E-state index is 6.00. The van der Waals surface area contributed by atoms with E-state index in [1.54, 1.807) is 0 Å². The molecule has 7 heteroatoms. The van der Waals surface area contributed by atoms with Gasteiger partial charge in [0.1, 0.15) is 24.7 Å². The van der Waals surface area contributed by atoms with Gasteiger partial charge in [0, 0.05) is 0 Å². The van der Waals surface area contributed by atoms with Gasteiger partial charge >= 0.3 is 0 Å². The zero-order valence-corrected chi connectivity index (χ0v) is 31.3. The Morgan fingerprint density at radius 1 is 0.327 bits per heavy atom. The molecule has 0 aliphatic carbocycles. The molecule has 0 aromatic heterocycles. The lowest BCUT2D eigenvalue weighted by Crippen LogP contribution is -2.15. The lowest BCUT2D eigenvalue weighted by Gasteiger charge is -2.12. The van der Waals surface area contributed by atoms with Crippen molar-refractivity contribution in [1.29, 1.82) is 0 Å². The average molecular weight is 687 g/mol. The summed E-state index contributed by atoms with van der Waals surface area (Å²) in [7, 11) is 0. The molecule has 0 atom stereocenters. The minimum absolute atomic E-state index is 0.538. The third kappa shape index (κ3) is 24.6. The van der Waals surface area contributed by atoms with E-state index in [4.69, 9.17) is 33.2 Å². The van der Waals surface area contributed by atoms with Crippen molar-refractivity contribution >= 4 is 0 Å². The third-order valence-electron chi connectivity index (χ3n) is 8.50. The van der Waals surface area contributed by atoms with Crippen LogP contribution in [0.15, 0.2) is 48.5 Å². The molecule has 0 radical (unpaired) electrons. The molecule has 0 N–H and O–H groups in total. The second-order valence-electron chi connectivity index (χ2n) is 12.7. The Hall–Kier alpha value is -2.16. The number of unbranched alkanes of at least 4 members (excludes halogenated alkanes) is 12. The third-order valence-corrected chi connectivity index (χ3v) is 8.50. The van der Waals surface area contributed by atoms with Crippen LogP contribution in [0.4, 0.5) is 0 Å². The first-order valence-corrected chi connectivity index (χ1v) is 19.6. The van der Waals surface area contributed by atoms with Crippen LogP contribution in [-0.4, -0.2) is 79.3 Å². The first-order valence-electron chi connectivity index (χ1n) is 19.6. The number of rotatable bonds is 36. The summed E-state index contributed by atoms with van der Waals surface area (Å²) in [6.07, 6.45) is 20.6. The molecule has 0 saturated heterocycles. The van der Waals surface area contributed by atoms with Crippen LogP contribution in [0, 0.1) is 0 Å². The molecule has 0 aliphatic heterocycles. The van der Waals surface area contributed by atoms with Crippen LogP contribution in [0.1, 0.15) is 115 Å². The summed E-state index contributed by atoms with van der Waals surface area (Å²) in [4.78, 5) is 0. The van der Waals surface area contributed by atoms with Crippen molar-refractivity contribution in [3.8, 4) is 11.5 Å². The van der Waals surface area contributed by atoms with Crippen LogP contribution < -0.4 is 9.47 Å². The molecule has 0 bridgehead atoms. The standard InChI is InChI=1S/C42H70O7/c1-3-5-7-9-11-13-15-21-39-23-17-19-25-41(39)48-37-35-46-33-31-44-29-27-43-28-30-45-32-34-47-36-38-49-42-26-20-18-24-40(42)22-16-14-12-10-8-6-4-2/h17-20,23-26H,3-16,21-22,27-38H2,1-2H3. The van der Waals surface area contributed by atoms with Gasteiger partial charge < -0.3 is 33.2 Å². The van der Waals surface area contributed by atoms with E-state index < -0.39 is 0 Å². The molecule has 280 valence electrons. The summed E-state index contributed by atoms with van der Waals surface area (Å²) >= 11 is 0. The van der Waals surface area contributed by atoms with Crippen molar-refractivity contribution < 1.29 is 33.2 Å². The Balaban J connectivity index is 1.32. The van der Waals surface area contributed by atoms with Gasteiger partial charge in [0.2, 0.25) is 0 Å². The van der Waals surface area contributed by atoms with Crippen LogP contribution >= 0.6 is 0 Å². The molecule has 0 unspecified atom stereocenters. The van der Waals surface area contributed by atoms with Crippen LogP contribution in [0.2, 0.25) is 0 Å². The van der Waals surface area contributed by atoms with Gasteiger partial charge in [-0.3, -0.25) is 0 Å². The van der Waals surface area contributed by atoms with Crippen LogP contribution in [0.3, 0.4) is 0 Å². The molecule has 2 rings (SSSR count). The minimum Gasteiger partial charge on any atom is -0.491 e. The minimum atomic E-state index is 0.538. The lowest BCUT2D eigenvalue weighted by molar-refractivity contribution is -0.0142. The molecule has 0 saturated carbocycles. The highest BCUT2D eigenvalue weighted by Crippen LogP contribution is 2.22. The first kappa shape index (κ1) is 43.0. The van der Waals surface area contributed by atoms with E-state index in [0.717, 1.165) is 24.3 Å². The van der Waals surface area contributed by atoms with Gasteiger partial charge in [-0.15, -0.1) is 0 Å². The molecule has 0 amide bonds. The molecular weight excluding hydrogens is 616 g/mol. The predicted molar refractivity (Wildman–Crippen MR) is 201 cm³/mol. The van der Waals surface area contributed by atoms with E-state index in [0.29, 0.717) is 79.3 Å². The highest BCUT2D eigenvalue weighted by molar-refractivity contribution is 5.34. The fourth-order valence-electron chi connectivity index (χ4n) is 5.65. The Morgan fingerprint density at radius 2 is 0.612 bits per heavy atom. The van der Waals surface area contributed by atoms with E-state index in [9.17, 15) is 0 Å². The topological polar surface area (TPSA) is 64.6 Å². The van der Waals surface area contributed by atoms with Gasteiger partial charge in [-0.25, -0.2) is 0 Å².